The highest BCUT2D eigenvalue weighted by molar-refractivity contribution is 7.99. The van der Waals surface area contributed by atoms with E-state index in [0.29, 0.717) is 45.9 Å². The Morgan fingerprint density at radius 3 is 2.85 bits per heavy atom. The minimum absolute atomic E-state index is 0.0295. The average Bonchev–Trinajstić information content (AvgIpc) is 3.43. The molecule has 2 aromatic carbocycles. The number of anilines is 1. The molecular formula is C23H21N5O5S. The number of nitrogens with one attached hydrogen (secondary N) is 1. The van der Waals surface area contributed by atoms with Gasteiger partial charge >= 0.3 is 0 Å². The van der Waals surface area contributed by atoms with Crippen LogP contribution in [0.5, 0.6) is 5.75 Å². The molecule has 34 heavy (non-hydrogen) atoms. The van der Waals surface area contributed by atoms with Crippen LogP contribution in [-0.4, -0.2) is 38.5 Å². The van der Waals surface area contributed by atoms with Gasteiger partial charge in [0.2, 0.25) is 11.7 Å². The van der Waals surface area contributed by atoms with E-state index in [1.807, 2.05) is 28.8 Å². The second-order valence-corrected chi connectivity index (χ2v) is 8.23. The van der Waals surface area contributed by atoms with Crippen molar-refractivity contribution in [3.05, 3.63) is 70.8 Å². The van der Waals surface area contributed by atoms with Crippen molar-refractivity contribution in [1.82, 2.24) is 14.8 Å². The molecule has 1 amide bonds. The highest BCUT2D eigenvalue weighted by atomic mass is 32.2. The molecular weight excluding hydrogens is 458 g/mol. The monoisotopic (exact) mass is 479 g/mol. The first-order valence-corrected chi connectivity index (χ1v) is 11.2. The van der Waals surface area contributed by atoms with Gasteiger partial charge in [-0.25, -0.2) is 0 Å². The number of thioether (sulfide) groups is 1. The van der Waals surface area contributed by atoms with E-state index in [1.54, 1.807) is 20.1 Å². The maximum atomic E-state index is 12.5. The second kappa shape index (κ2) is 9.79. The molecule has 4 rings (SSSR count). The van der Waals surface area contributed by atoms with Crippen LogP contribution in [0.1, 0.15) is 5.56 Å². The second-order valence-electron chi connectivity index (χ2n) is 7.29. The van der Waals surface area contributed by atoms with Crippen LogP contribution in [-0.2, 0) is 11.3 Å². The summed E-state index contributed by atoms with van der Waals surface area (Å²) in [6.07, 6.45) is 1.71. The summed E-state index contributed by atoms with van der Waals surface area (Å²) in [6, 6.07) is 11.8. The van der Waals surface area contributed by atoms with Crippen LogP contribution < -0.4 is 10.1 Å². The number of carbonyl (C=O) groups excluding carboxylic acids is 1. The molecule has 2 aromatic heterocycles. The number of para-hydroxylation sites is 1. The molecule has 0 atom stereocenters. The quantitative estimate of drug-likeness (QED) is 0.157. The van der Waals surface area contributed by atoms with Crippen molar-refractivity contribution in [2.24, 2.45) is 0 Å². The molecule has 11 heteroatoms. The van der Waals surface area contributed by atoms with Gasteiger partial charge in [0.1, 0.15) is 0 Å². The van der Waals surface area contributed by atoms with Crippen molar-refractivity contribution in [2.75, 3.05) is 18.2 Å². The number of nitrogens with zero attached hydrogens (tertiary/aromatic N) is 4. The topological polar surface area (TPSA) is 125 Å². The minimum atomic E-state index is -0.476. The lowest BCUT2D eigenvalue weighted by Crippen LogP contribution is -2.15. The number of hydrogen-bond acceptors (Lipinski definition) is 8. The lowest BCUT2D eigenvalue weighted by molar-refractivity contribution is -0.384. The Kier molecular flexibility index (Phi) is 6.64. The number of carbonyl (C=O) groups is 1. The zero-order valence-electron chi connectivity index (χ0n) is 18.5. The highest BCUT2D eigenvalue weighted by Crippen LogP contribution is 2.34. The van der Waals surface area contributed by atoms with Crippen LogP contribution in [0.2, 0.25) is 0 Å². The average molecular weight is 480 g/mol. The van der Waals surface area contributed by atoms with Crippen molar-refractivity contribution in [3.8, 4) is 17.3 Å². The number of nitro groups is 1. The van der Waals surface area contributed by atoms with E-state index < -0.39 is 4.92 Å². The van der Waals surface area contributed by atoms with Crippen LogP contribution in [0, 0.1) is 17.0 Å². The number of rotatable bonds is 9. The zero-order chi connectivity index (χ0) is 24.2. The van der Waals surface area contributed by atoms with Gasteiger partial charge in [-0.3, -0.25) is 19.5 Å². The number of allylic oxidation sites excluding steroid dienone is 1. The van der Waals surface area contributed by atoms with Gasteiger partial charge in [0.15, 0.2) is 22.2 Å². The molecule has 0 fully saturated rings. The molecule has 174 valence electrons. The van der Waals surface area contributed by atoms with E-state index in [1.165, 1.54) is 30.0 Å². The van der Waals surface area contributed by atoms with Crippen LogP contribution in [0.3, 0.4) is 0 Å². The highest BCUT2D eigenvalue weighted by Gasteiger charge is 2.19. The summed E-state index contributed by atoms with van der Waals surface area (Å²) in [5.41, 5.74) is 1.70. The summed E-state index contributed by atoms with van der Waals surface area (Å²) >= 11 is 1.21. The smallest absolute Gasteiger partial charge is 0.269 e. The molecule has 10 nitrogen and oxygen atoms in total. The predicted molar refractivity (Wildman–Crippen MR) is 129 cm³/mol. The van der Waals surface area contributed by atoms with Crippen LogP contribution in [0.25, 0.3) is 22.6 Å². The van der Waals surface area contributed by atoms with Crippen molar-refractivity contribution in [2.45, 2.75) is 18.6 Å². The van der Waals surface area contributed by atoms with Crippen molar-refractivity contribution in [3.63, 3.8) is 0 Å². The van der Waals surface area contributed by atoms with E-state index in [2.05, 4.69) is 22.1 Å². The number of nitro benzene ring substituents is 1. The Bertz CT molecular complexity index is 1390. The molecule has 1 N–H and O–H groups in total. The largest absolute Gasteiger partial charge is 0.493 e. The van der Waals surface area contributed by atoms with E-state index in [9.17, 15) is 14.9 Å². The molecule has 0 radical (unpaired) electrons. The Morgan fingerprint density at radius 2 is 2.15 bits per heavy atom. The fraction of sp³-hybridized carbons (Fsp3) is 0.174. The molecule has 0 aliphatic heterocycles. The standard InChI is InChI=1S/C23H21N5O5S/c1-4-10-27-22(19-12-15-6-5-7-18(32-3)21(15)33-19)25-26-23(27)34-13-20(29)24-17-9-8-16(28(30)31)11-14(17)2/h4-9,11-12H,1,10,13H2,2-3H3,(H,24,29). The number of ether oxygens (including phenoxy) is 1. The Labute approximate surface area is 198 Å². The zero-order valence-corrected chi connectivity index (χ0v) is 19.3. The first-order valence-electron chi connectivity index (χ1n) is 10.2. The molecule has 0 aliphatic carbocycles. The van der Waals surface area contributed by atoms with Crippen molar-refractivity contribution >= 4 is 40.0 Å². The van der Waals surface area contributed by atoms with Gasteiger partial charge < -0.3 is 14.5 Å². The summed E-state index contributed by atoms with van der Waals surface area (Å²) < 4.78 is 13.2. The lowest BCUT2D eigenvalue weighted by atomic mass is 10.2. The number of aryl methyl sites for hydroxylation is 1. The van der Waals surface area contributed by atoms with E-state index in [4.69, 9.17) is 9.15 Å². The maximum absolute atomic E-state index is 12.5. The third kappa shape index (κ3) is 4.64. The van der Waals surface area contributed by atoms with Gasteiger partial charge in [0.25, 0.3) is 5.69 Å². The third-order valence-corrected chi connectivity index (χ3v) is 5.97. The van der Waals surface area contributed by atoms with Gasteiger partial charge in [-0.05, 0) is 30.7 Å². The number of hydrogen-bond donors (Lipinski definition) is 1. The number of methoxy groups -OCH3 is 1. The number of furan rings is 1. The fourth-order valence-corrected chi connectivity index (χ4v) is 4.14. The summed E-state index contributed by atoms with van der Waals surface area (Å²) in [6.45, 7) is 5.92. The van der Waals surface area contributed by atoms with Crippen LogP contribution >= 0.6 is 11.8 Å². The Hall–Kier alpha value is -4.12. The van der Waals surface area contributed by atoms with Gasteiger partial charge in [-0.15, -0.1) is 16.8 Å². The molecule has 4 aromatic rings. The number of benzene rings is 2. The van der Waals surface area contributed by atoms with Gasteiger partial charge in [0.05, 0.1) is 17.8 Å². The van der Waals surface area contributed by atoms with Gasteiger partial charge in [-0.2, -0.15) is 0 Å². The third-order valence-electron chi connectivity index (χ3n) is 5.00. The maximum Gasteiger partial charge on any atom is 0.269 e. The van der Waals surface area contributed by atoms with Crippen molar-refractivity contribution in [1.29, 1.82) is 0 Å². The normalized spacial score (nSPS) is 10.9. The molecule has 0 saturated heterocycles. The molecule has 0 saturated carbocycles. The van der Waals surface area contributed by atoms with Crippen LogP contribution in [0.15, 0.2) is 64.7 Å². The molecule has 0 aliphatic rings. The molecule has 2 heterocycles. The predicted octanol–water partition coefficient (Wildman–Crippen LogP) is 4.83. The van der Waals surface area contributed by atoms with Gasteiger partial charge in [0, 0.05) is 29.8 Å². The van der Waals surface area contributed by atoms with Crippen molar-refractivity contribution < 1.29 is 18.9 Å². The summed E-state index contributed by atoms with van der Waals surface area (Å²) in [7, 11) is 1.58. The van der Waals surface area contributed by atoms with E-state index >= 15 is 0 Å². The molecule has 0 spiro atoms. The van der Waals surface area contributed by atoms with E-state index in [-0.39, 0.29) is 17.3 Å². The first kappa shape index (κ1) is 23.1. The van der Waals surface area contributed by atoms with Crippen LogP contribution in [0.4, 0.5) is 11.4 Å². The lowest BCUT2D eigenvalue weighted by Gasteiger charge is -2.09. The number of non-ortho nitro benzene ring substituents is 1. The summed E-state index contributed by atoms with van der Waals surface area (Å²) in [5, 5.41) is 23.6. The number of amides is 1. The summed E-state index contributed by atoms with van der Waals surface area (Å²) in [4.78, 5) is 22.9. The molecule has 0 bridgehead atoms. The minimum Gasteiger partial charge on any atom is -0.493 e. The fourth-order valence-electron chi connectivity index (χ4n) is 3.40. The van der Waals surface area contributed by atoms with E-state index in [0.717, 1.165) is 5.39 Å². The molecule has 0 unspecified atom stereocenters. The Balaban J connectivity index is 1.52. The first-order chi connectivity index (χ1) is 16.4. The summed E-state index contributed by atoms with van der Waals surface area (Å²) in [5.74, 6) is 1.44. The van der Waals surface area contributed by atoms with Gasteiger partial charge in [-0.1, -0.05) is 30.0 Å². The number of aromatic nitrogens is 3. The SMILES string of the molecule is C=CCn1c(SCC(=O)Nc2ccc([N+](=O)[O-])cc2C)nnc1-c1cc2cccc(OC)c2o1. The number of fused-ring (bicyclic) bond motifs is 1. The Morgan fingerprint density at radius 1 is 1.32 bits per heavy atom.